The smallest absolute Gasteiger partial charge is 0.327 e. The standard InChI is InChI=1S/C27H23N7O2S/c1-17-12-14-19(15-13-17)29-24(22-23(28)30-26(36)31-25(22)35)32-33-27-34(20-10-6-3-7-11-20)21(16-37-27)18-8-4-2-5-9-18/h2-16H,1H3,(H,29,32)(H4,28,30,31,35,36)/b33-27-. The molecule has 0 spiro atoms. The zero-order valence-corrected chi connectivity index (χ0v) is 20.6. The number of aromatic nitrogens is 3. The predicted molar refractivity (Wildman–Crippen MR) is 147 cm³/mol. The molecule has 3 aromatic carbocycles. The van der Waals surface area contributed by atoms with E-state index in [0.29, 0.717) is 10.5 Å². The first-order valence-corrected chi connectivity index (χ1v) is 12.3. The first-order chi connectivity index (χ1) is 18.0. The van der Waals surface area contributed by atoms with Gasteiger partial charge in [0.25, 0.3) is 5.56 Å². The Kier molecular flexibility index (Phi) is 6.64. The molecule has 0 aliphatic heterocycles. The molecule has 0 unspecified atom stereocenters. The minimum absolute atomic E-state index is 0.0185. The minimum atomic E-state index is -0.703. The van der Waals surface area contributed by atoms with E-state index in [-0.39, 0.29) is 17.2 Å². The van der Waals surface area contributed by atoms with Crippen LogP contribution in [0.5, 0.6) is 0 Å². The van der Waals surface area contributed by atoms with E-state index >= 15 is 0 Å². The van der Waals surface area contributed by atoms with Crippen LogP contribution >= 0.6 is 11.3 Å². The highest BCUT2D eigenvalue weighted by Gasteiger charge is 2.16. The van der Waals surface area contributed by atoms with Gasteiger partial charge >= 0.3 is 5.69 Å². The van der Waals surface area contributed by atoms with E-state index in [2.05, 4.69) is 25.5 Å². The summed E-state index contributed by atoms with van der Waals surface area (Å²) in [6.07, 6.45) is 0. The number of nitrogens with zero attached hydrogens (tertiary/aromatic N) is 3. The van der Waals surface area contributed by atoms with Crippen molar-refractivity contribution in [1.29, 1.82) is 0 Å². The zero-order chi connectivity index (χ0) is 25.8. The lowest BCUT2D eigenvalue weighted by Gasteiger charge is -2.10. The topological polar surface area (TPSA) is 133 Å². The van der Waals surface area contributed by atoms with Crippen LogP contribution in [0.2, 0.25) is 0 Å². The third kappa shape index (κ3) is 5.19. The van der Waals surface area contributed by atoms with Crippen LogP contribution in [0, 0.1) is 6.92 Å². The van der Waals surface area contributed by atoms with Gasteiger partial charge < -0.3 is 5.73 Å². The second-order valence-electron chi connectivity index (χ2n) is 8.16. The molecule has 0 aliphatic rings. The van der Waals surface area contributed by atoms with Crippen LogP contribution < -0.4 is 27.2 Å². The molecule has 5 N–H and O–H groups in total. The van der Waals surface area contributed by atoms with Crippen LogP contribution in [-0.4, -0.2) is 20.4 Å². The molecule has 0 amide bonds. The average molecular weight is 510 g/mol. The van der Waals surface area contributed by atoms with Gasteiger partial charge in [0.05, 0.1) is 11.4 Å². The fourth-order valence-corrected chi connectivity index (χ4v) is 4.62. The average Bonchev–Trinajstić information content (AvgIpc) is 3.33. The van der Waals surface area contributed by atoms with Crippen LogP contribution in [0.15, 0.2) is 110 Å². The molecule has 5 aromatic rings. The van der Waals surface area contributed by atoms with Gasteiger partial charge in [0.1, 0.15) is 11.4 Å². The summed E-state index contributed by atoms with van der Waals surface area (Å²) in [6.45, 7) is 1.97. The summed E-state index contributed by atoms with van der Waals surface area (Å²) in [5, 5.41) is 6.64. The number of aliphatic imine (C=N–C) groups is 1. The lowest BCUT2D eigenvalue weighted by atomic mass is 10.1. The molecule has 2 heterocycles. The zero-order valence-electron chi connectivity index (χ0n) is 19.8. The van der Waals surface area contributed by atoms with Crippen molar-refractivity contribution in [2.75, 3.05) is 5.73 Å². The largest absolute Gasteiger partial charge is 0.384 e. The molecular weight excluding hydrogens is 486 g/mol. The highest BCUT2D eigenvalue weighted by molar-refractivity contribution is 7.07. The number of nitrogens with two attached hydrogens (primary N) is 1. The molecule has 0 saturated carbocycles. The number of benzene rings is 3. The van der Waals surface area contributed by atoms with Gasteiger partial charge in [-0.05, 0) is 36.8 Å². The van der Waals surface area contributed by atoms with Crippen LogP contribution in [0.4, 0.5) is 11.5 Å². The number of rotatable bonds is 5. The maximum atomic E-state index is 12.7. The summed E-state index contributed by atoms with van der Waals surface area (Å²) < 4.78 is 2.01. The van der Waals surface area contributed by atoms with Crippen LogP contribution in [0.1, 0.15) is 11.1 Å². The Bertz CT molecular complexity index is 1750. The van der Waals surface area contributed by atoms with Gasteiger partial charge in [0.15, 0.2) is 5.84 Å². The van der Waals surface area contributed by atoms with Crippen molar-refractivity contribution < 1.29 is 0 Å². The van der Waals surface area contributed by atoms with Gasteiger partial charge in [-0.1, -0.05) is 66.2 Å². The molecule has 5 rings (SSSR count). The van der Waals surface area contributed by atoms with Crippen molar-refractivity contribution in [2.24, 2.45) is 10.1 Å². The quantitative estimate of drug-likeness (QED) is 0.163. The number of nitrogens with one attached hydrogen (secondary N) is 3. The van der Waals surface area contributed by atoms with E-state index in [1.165, 1.54) is 11.3 Å². The van der Waals surface area contributed by atoms with Crippen LogP contribution in [0.25, 0.3) is 16.9 Å². The highest BCUT2D eigenvalue weighted by atomic mass is 32.1. The fourth-order valence-electron chi connectivity index (χ4n) is 3.75. The molecule has 2 aromatic heterocycles. The number of aryl methyl sites for hydroxylation is 1. The molecule has 10 heteroatoms. The molecule has 0 saturated heterocycles. The first kappa shape index (κ1) is 23.8. The summed E-state index contributed by atoms with van der Waals surface area (Å²) in [5.41, 5.74) is 12.1. The Balaban J connectivity index is 1.67. The van der Waals surface area contributed by atoms with E-state index in [1.54, 1.807) is 0 Å². The number of aromatic amines is 2. The number of nitrogen functional groups attached to an aromatic ring is 1. The third-order valence-electron chi connectivity index (χ3n) is 5.53. The van der Waals surface area contributed by atoms with Crippen LogP contribution in [-0.2, 0) is 0 Å². The summed E-state index contributed by atoms with van der Waals surface area (Å²) in [4.78, 5) is 34.3. The van der Waals surface area contributed by atoms with Gasteiger partial charge in [-0.15, -0.1) is 16.4 Å². The third-order valence-corrected chi connectivity index (χ3v) is 6.36. The second-order valence-corrected chi connectivity index (χ2v) is 8.99. The van der Waals surface area contributed by atoms with E-state index in [4.69, 9.17) is 5.73 Å². The van der Waals surface area contributed by atoms with Gasteiger partial charge in [-0.25, -0.2) is 9.79 Å². The number of para-hydroxylation sites is 1. The molecule has 0 fully saturated rings. The Morgan fingerprint density at radius 3 is 2.27 bits per heavy atom. The summed E-state index contributed by atoms with van der Waals surface area (Å²) in [7, 11) is 0. The summed E-state index contributed by atoms with van der Waals surface area (Å²) in [5.74, 6) is -0.0254. The summed E-state index contributed by atoms with van der Waals surface area (Å²) in [6, 6.07) is 27.3. The van der Waals surface area contributed by atoms with Crippen molar-refractivity contribution >= 4 is 28.7 Å². The molecular formula is C27H23N7O2S. The van der Waals surface area contributed by atoms with Crippen molar-refractivity contribution in [3.63, 3.8) is 0 Å². The maximum absolute atomic E-state index is 12.7. The lowest BCUT2D eigenvalue weighted by molar-refractivity contribution is 0.895. The molecule has 0 atom stereocenters. The van der Waals surface area contributed by atoms with Crippen molar-refractivity contribution in [2.45, 2.75) is 6.92 Å². The molecule has 9 nitrogen and oxygen atoms in total. The monoisotopic (exact) mass is 509 g/mol. The van der Waals surface area contributed by atoms with Crippen LogP contribution in [0.3, 0.4) is 0 Å². The number of hydrogen-bond acceptors (Lipinski definition) is 6. The van der Waals surface area contributed by atoms with E-state index < -0.39 is 11.2 Å². The second kappa shape index (κ2) is 10.3. The predicted octanol–water partition coefficient (Wildman–Crippen LogP) is 3.66. The normalized spacial score (nSPS) is 12.0. The van der Waals surface area contributed by atoms with Crippen molar-refractivity contribution in [3.8, 4) is 16.9 Å². The Labute approximate surface area is 215 Å². The van der Waals surface area contributed by atoms with E-state index in [1.807, 2.05) is 102 Å². The maximum Gasteiger partial charge on any atom is 0.327 e. The van der Waals surface area contributed by atoms with Gasteiger partial charge in [-0.3, -0.25) is 24.8 Å². The number of hydrogen-bond donors (Lipinski definition) is 4. The number of amidine groups is 1. The van der Waals surface area contributed by atoms with Crippen molar-refractivity contribution in [3.05, 3.63) is 127 Å². The molecule has 37 heavy (non-hydrogen) atoms. The Morgan fingerprint density at radius 2 is 1.59 bits per heavy atom. The van der Waals surface area contributed by atoms with Gasteiger partial charge in [0.2, 0.25) is 4.80 Å². The molecule has 184 valence electrons. The van der Waals surface area contributed by atoms with Gasteiger partial charge in [-0.2, -0.15) is 0 Å². The Hall–Kier alpha value is -4.96. The highest BCUT2D eigenvalue weighted by Crippen LogP contribution is 2.23. The molecule has 0 radical (unpaired) electrons. The number of anilines is 1. The number of thiazole rings is 1. The minimum Gasteiger partial charge on any atom is -0.384 e. The fraction of sp³-hybridized carbons (Fsp3) is 0.0370. The SMILES string of the molecule is Cc1ccc(N=C(N/N=c2\scc(-c3ccccc3)n2-c2ccccc2)c2c(N)[nH]c(=O)[nH]c2=O)cc1. The number of H-pyrrole nitrogens is 2. The van der Waals surface area contributed by atoms with E-state index in [0.717, 1.165) is 22.5 Å². The molecule has 0 aliphatic carbocycles. The lowest BCUT2D eigenvalue weighted by Crippen LogP contribution is -2.35. The first-order valence-electron chi connectivity index (χ1n) is 11.4. The Morgan fingerprint density at radius 1 is 0.919 bits per heavy atom. The van der Waals surface area contributed by atoms with Crippen molar-refractivity contribution in [1.82, 2.24) is 20.0 Å². The van der Waals surface area contributed by atoms with Gasteiger partial charge in [0, 0.05) is 11.1 Å². The van der Waals surface area contributed by atoms with E-state index in [9.17, 15) is 9.59 Å². The summed E-state index contributed by atoms with van der Waals surface area (Å²) >= 11 is 1.43. The molecule has 0 bridgehead atoms.